The molecule has 2 amide bonds. The number of allylic oxidation sites excluding steroid dienone is 1. The number of ether oxygens (including phenoxy) is 1. The van der Waals surface area contributed by atoms with Gasteiger partial charge in [-0.25, -0.2) is 0 Å². The zero-order valence-electron chi connectivity index (χ0n) is 18.6. The maximum absolute atomic E-state index is 13.5. The Labute approximate surface area is 180 Å². The molecule has 5 atom stereocenters. The third kappa shape index (κ3) is 5.42. The number of likely N-dealkylation sites (tertiary alicyclic amines) is 1. The Morgan fingerprint density at radius 2 is 1.90 bits per heavy atom. The zero-order chi connectivity index (χ0) is 22.1. The highest BCUT2D eigenvalue weighted by Crippen LogP contribution is 2.45. The van der Waals surface area contributed by atoms with Crippen molar-refractivity contribution in [3.63, 3.8) is 0 Å². The van der Waals surface area contributed by atoms with Crippen LogP contribution in [-0.2, 0) is 19.1 Å². The van der Waals surface area contributed by atoms with Gasteiger partial charge in [-0.3, -0.25) is 14.4 Å². The predicted octanol–water partition coefficient (Wildman–Crippen LogP) is 2.28. The molecule has 0 unspecified atom stereocenters. The third-order valence-electron chi connectivity index (χ3n) is 6.30. The Bertz CT molecular complexity index is 621. The van der Waals surface area contributed by atoms with Crippen molar-refractivity contribution in [2.24, 2.45) is 23.7 Å². The molecule has 0 saturated carbocycles. The normalized spacial score (nSPS) is 27.8. The van der Waals surface area contributed by atoms with E-state index in [1.807, 2.05) is 19.1 Å². The van der Waals surface area contributed by atoms with Crippen LogP contribution in [0.4, 0.5) is 0 Å². The number of fused-ring (bicyclic) bond motifs is 1. The molecule has 1 aliphatic heterocycles. The second-order valence-electron chi connectivity index (χ2n) is 8.24. The summed E-state index contributed by atoms with van der Waals surface area (Å²) in [6.45, 7) is 7.26. The maximum atomic E-state index is 13.5. The second-order valence-corrected chi connectivity index (χ2v) is 8.24. The minimum atomic E-state index is -0.598. The van der Waals surface area contributed by atoms with Crippen molar-refractivity contribution in [1.82, 2.24) is 10.2 Å². The van der Waals surface area contributed by atoms with E-state index < -0.39 is 17.9 Å². The highest BCUT2D eigenvalue weighted by molar-refractivity contribution is 5.96. The Hall–Kier alpha value is -1.89. The minimum Gasteiger partial charge on any atom is -0.466 e. The number of esters is 1. The molecule has 1 fully saturated rings. The first-order valence-electron chi connectivity index (χ1n) is 11.6. The van der Waals surface area contributed by atoms with Gasteiger partial charge in [0.15, 0.2) is 0 Å². The lowest BCUT2D eigenvalue weighted by atomic mass is 9.69. The molecule has 0 radical (unpaired) electrons. The van der Waals surface area contributed by atoms with Crippen LogP contribution in [-0.4, -0.2) is 60.1 Å². The van der Waals surface area contributed by atoms with Crippen LogP contribution in [0.1, 0.15) is 59.3 Å². The monoisotopic (exact) mass is 422 g/mol. The summed E-state index contributed by atoms with van der Waals surface area (Å²) in [5, 5.41) is 12.0. The number of rotatable bonds is 12. The molecule has 1 saturated heterocycles. The van der Waals surface area contributed by atoms with Gasteiger partial charge in [0, 0.05) is 25.6 Å². The minimum absolute atomic E-state index is 0.0626. The zero-order valence-corrected chi connectivity index (χ0v) is 18.6. The molecule has 2 aliphatic rings. The maximum Gasteiger partial charge on any atom is 0.310 e. The summed E-state index contributed by atoms with van der Waals surface area (Å²) < 4.78 is 5.32. The first-order valence-corrected chi connectivity index (χ1v) is 11.6. The standard InChI is InChI=1S/C23H38N2O5/c1-4-7-13-24-21(27)20-17-12-11-16(5-2)18(23(29)30-6-3)19(17)22(28)25(20)14-9-8-10-15-26/h11-12,16-20,26H,4-10,13-15H2,1-3H3,(H,24,27)/t16-,17+,18-,19-,20+/m1/s1. The molecule has 2 N–H and O–H groups in total. The van der Waals surface area contributed by atoms with Gasteiger partial charge in [0.2, 0.25) is 11.8 Å². The highest BCUT2D eigenvalue weighted by Gasteiger charge is 2.57. The molecule has 0 aromatic heterocycles. The molecule has 0 bridgehead atoms. The Kier molecular flexibility index (Phi) is 9.82. The number of carbonyl (C=O) groups excluding carboxylic acids is 3. The molecule has 0 aromatic carbocycles. The van der Waals surface area contributed by atoms with E-state index in [-0.39, 0.29) is 42.8 Å². The fourth-order valence-electron chi connectivity index (χ4n) is 4.75. The second kappa shape index (κ2) is 12.1. The molecule has 7 heteroatoms. The molecular weight excluding hydrogens is 384 g/mol. The topological polar surface area (TPSA) is 95.9 Å². The molecule has 7 nitrogen and oxygen atoms in total. The van der Waals surface area contributed by atoms with Crippen molar-refractivity contribution in [2.75, 3.05) is 26.3 Å². The summed E-state index contributed by atoms with van der Waals surface area (Å²) in [6, 6.07) is -0.598. The third-order valence-corrected chi connectivity index (χ3v) is 6.30. The SMILES string of the molecule is CCCCNC(=O)[C@@H]1[C@H]2C=C[C@@H](CC)[C@@H](C(=O)OCC)[C@@H]2C(=O)N1CCCCCO. The molecular formula is C23H38N2O5. The number of amides is 2. The van der Waals surface area contributed by atoms with Gasteiger partial charge in [0.05, 0.1) is 18.4 Å². The van der Waals surface area contributed by atoms with E-state index in [2.05, 4.69) is 12.2 Å². The Balaban J connectivity index is 2.31. The summed E-state index contributed by atoms with van der Waals surface area (Å²) in [5.41, 5.74) is 0. The van der Waals surface area contributed by atoms with Crippen molar-refractivity contribution in [3.05, 3.63) is 12.2 Å². The van der Waals surface area contributed by atoms with Crippen LogP contribution in [0.5, 0.6) is 0 Å². The van der Waals surface area contributed by atoms with Crippen molar-refractivity contribution in [3.8, 4) is 0 Å². The molecule has 1 heterocycles. The predicted molar refractivity (Wildman–Crippen MR) is 114 cm³/mol. The van der Waals surface area contributed by atoms with Gasteiger partial charge in [0.25, 0.3) is 0 Å². The smallest absolute Gasteiger partial charge is 0.310 e. The first kappa shape index (κ1) is 24.4. The quantitative estimate of drug-likeness (QED) is 0.286. The van der Waals surface area contributed by atoms with E-state index >= 15 is 0 Å². The summed E-state index contributed by atoms with van der Waals surface area (Å²) in [7, 11) is 0. The molecule has 0 spiro atoms. The molecule has 0 aromatic rings. The van der Waals surface area contributed by atoms with Gasteiger partial charge >= 0.3 is 5.97 Å². The molecule has 2 rings (SSSR count). The fraction of sp³-hybridized carbons (Fsp3) is 0.783. The van der Waals surface area contributed by atoms with Crippen LogP contribution >= 0.6 is 0 Å². The number of nitrogens with one attached hydrogen (secondary N) is 1. The first-order chi connectivity index (χ1) is 14.5. The summed E-state index contributed by atoms with van der Waals surface area (Å²) in [4.78, 5) is 41.0. The lowest BCUT2D eigenvalue weighted by molar-refractivity contribution is -0.155. The number of nitrogens with zero attached hydrogens (tertiary/aromatic N) is 1. The number of hydrogen-bond donors (Lipinski definition) is 2. The molecule has 1 aliphatic carbocycles. The van der Waals surface area contributed by atoms with Gasteiger partial charge in [-0.2, -0.15) is 0 Å². The number of unbranched alkanes of at least 4 members (excludes halogenated alkanes) is 3. The van der Waals surface area contributed by atoms with E-state index in [4.69, 9.17) is 9.84 Å². The molecule has 170 valence electrons. The van der Waals surface area contributed by atoms with E-state index in [1.54, 1.807) is 11.8 Å². The highest BCUT2D eigenvalue weighted by atomic mass is 16.5. The van der Waals surface area contributed by atoms with Crippen LogP contribution in [0.3, 0.4) is 0 Å². The van der Waals surface area contributed by atoms with Crippen molar-refractivity contribution >= 4 is 17.8 Å². The largest absolute Gasteiger partial charge is 0.466 e. The van der Waals surface area contributed by atoms with Crippen LogP contribution in [0, 0.1) is 23.7 Å². The average molecular weight is 423 g/mol. The number of hydrogen-bond acceptors (Lipinski definition) is 5. The van der Waals surface area contributed by atoms with Crippen LogP contribution in [0.2, 0.25) is 0 Å². The average Bonchev–Trinajstić information content (AvgIpc) is 3.02. The fourth-order valence-corrected chi connectivity index (χ4v) is 4.75. The van der Waals surface area contributed by atoms with E-state index in [1.165, 1.54) is 0 Å². The van der Waals surface area contributed by atoms with Gasteiger partial charge in [-0.05, 0) is 44.9 Å². The van der Waals surface area contributed by atoms with Crippen molar-refractivity contribution in [2.45, 2.75) is 65.3 Å². The van der Waals surface area contributed by atoms with Crippen LogP contribution in [0.15, 0.2) is 12.2 Å². The van der Waals surface area contributed by atoms with Crippen LogP contribution in [0.25, 0.3) is 0 Å². The lowest BCUT2D eigenvalue weighted by Gasteiger charge is -2.33. The Morgan fingerprint density at radius 1 is 1.13 bits per heavy atom. The van der Waals surface area contributed by atoms with Crippen LogP contribution < -0.4 is 5.32 Å². The summed E-state index contributed by atoms with van der Waals surface area (Å²) >= 11 is 0. The summed E-state index contributed by atoms with van der Waals surface area (Å²) in [5.74, 6) is -2.11. The van der Waals surface area contributed by atoms with Gasteiger partial charge in [-0.15, -0.1) is 0 Å². The van der Waals surface area contributed by atoms with Gasteiger partial charge < -0.3 is 20.1 Å². The Morgan fingerprint density at radius 3 is 2.53 bits per heavy atom. The van der Waals surface area contributed by atoms with Crippen molar-refractivity contribution < 1.29 is 24.2 Å². The summed E-state index contributed by atoms with van der Waals surface area (Å²) in [6.07, 6.45) is 8.75. The lowest BCUT2D eigenvalue weighted by Crippen LogP contribution is -2.47. The number of carbonyl (C=O) groups is 3. The van der Waals surface area contributed by atoms with E-state index in [9.17, 15) is 14.4 Å². The van der Waals surface area contributed by atoms with Gasteiger partial charge in [-0.1, -0.05) is 32.4 Å². The van der Waals surface area contributed by atoms with Gasteiger partial charge in [0.1, 0.15) is 6.04 Å². The van der Waals surface area contributed by atoms with E-state index in [0.717, 1.165) is 32.1 Å². The number of aliphatic hydroxyl groups is 1. The molecule has 30 heavy (non-hydrogen) atoms. The van der Waals surface area contributed by atoms with E-state index in [0.29, 0.717) is 19.5 Å². The van der Waals surface area contributed by atoms with Crippen molar-refractivity contribution in [1.29, 1.82) is 0 Å². The number of aliphatic hydroxyl groups excluding tert-OH is 1.